The Kier molecular flexibility index (Phi) is 6.97. The number of hydrogen-bond acceptors (Lipinski definition) is 3. The molecule has 0 spiro atoms. The van der Waals surface area contributed by atoms with Crippen molar-refractivity contribution in [2.75, 3.05) is 19.8 Å². The Morgan fingerprint density at radius 2 is 2.00 bits per heavy atom. The van der Waals surface area contributed by atoms with Gasteiger partial charge in [-0.1, -0.05) is 13.8 Å². The van der Waals surface area contributed by atoms with Crippen molar-refractivity contribution in [1.29, 1.82) is 0 Å². The minimum Gasteiger partial charge on any atom is -0.494 e. The van der Waals surface area contributed by atoms with Gasteiger partial charge in [0.05, 0.1) is 6.61 Å². The third-order valence-corrected chi connectivity index (χ3v) is 2.69. The molecule has 0 radical (unpaired) electrons. The van der Waals surface area contributed by atoms with Crippen LogP contribution < -0.4 is 10.1 Å². The zero-order chi connectivity index (χ0) is 14.1. The summed E-state index contributed by atoms with van der Waals surface area (Å²) in [6, 6.07) is 7.04. The number of aliphatic hydroxyl groups excluding tert-OH is 1. The van der Waals surface area contributed by atoms with Crippen molar-refractivity contribution >= 4 is 5.91 Å². The summed E-state index contributed by atoms with van der Waals surface area (Å²) >= 11 is 0. The summed E-state index contributed by atoms with van der Waals surface area (Å²) in [6.45, 7) is 5.56. The highest BCUT2D eigenvalue weighted by atomic mass is 16.5. The molecule has 19 heavy (non-hydrogen) atoms. The molecule has 0 bridgehead atoms. The van der Waals surface area contributed by atoms with Crippen LogP contribution in [0.2, 0.25) is 0 Å². The lowest BCUT2D eigenvalue weighted by Gasteiger charge is -2.08. The average Bonchev–Trinajstić information content (AvgIpc) is 2.39. The molecule has 0 aliphatic rings. The van der Waals surface area contributed by atoms with Crippen molar-refractivity contribution in [2.24, 2.45) is 5.92 Å². The molecule has 0 atom stereocenters. The van der Waals surface area contributed by atoms with E-state index in [4.69, 9.17) is 9.84 Å². The van der Waals surface area contributed by atoms with Crippen LogP contribution >= 0.6 is 0 Å². The van der Waals surface area contributed by atoms with Crippen LogP contribution in [0.25, 0.3) is 0 Å². The molecule has 4 nitrogen and oxygen atoms in total. The summed E-state index contributed by atoms with van der Waals surface area (Å²) in [5.74, 6) is 1.25. The Morgan fingerprint density at radius 3 is 2.58 bits per heavy atom. The number of nitrogens with one attached hydrogen (secondary N) is 1. The molecule has 4 heteroatoms. The van der Waals surface area contributed by atoms with Gasteiger partial charge in [-0.15, -0.1) is 0 Å². The molecule has 1 aromatic carbocycles. The van der Waals surface area contributed by atoms with Crippen LogP contribution in [-0.4, -0.2) is 30.8 Å². The Labute approximate surface area is 114 Å². The van der Waals surface area contributed by atoms with E-state index in [2.05, 4.69) is 19.2 Å². The van der Waals surface area contributed by atoms with Crippen LogP contribution in [-0.2, 0) is 0 Å². The van der Waals surface area contributed by atoms with E-state index in [1.165, 1.54) is 0 Å². The summed E-state index contributed by atoms with van der Waals surface area (Å²) in [5, 5.41) is 11.5. The third kappa shape index (κ3) is 6.25. The Morgan fingerprint density at radius 1 is 1.32 bits per heavy atom. The number of carbonyl (C=O) groups is 1. The zero-order valence-electron chi connectivity index (χ0n) is 11.7. The lowest BCUT2D eigenvalue weighted by Crippen LogP contribution is -2.25. The molecule has 106 valence electrons. The predicted molar refractivity (Wildman–Crippen MR) is 75.4 cm³/mol. The molecular formula is C15H23NO3. The van der Waals surface area contributed by atoms with E-state index in [1.807, 2.05) is 0 Å². The third-order valence-electron chi connectivity index (χ3n) is 2.69. The van der Waals surface area contributed by atoms with E-state index >= 15 is 0 Å². The first kappa shape index (κ1) is 15.5. The maximum Gasteiger partial charge on any atom is 0.251 e. The van der Waals surface area contributed by atoms with Gasteiger partial charge in [-0.25, -0.2) is 0 Å². The van der Waals surface area contributed by atoms with Crippen molar-refractivity contribution in [3.8, 4) is 5.75 Å². The van der Waals surface area contributed by atoms with Gasteiger partial charge < -0.3 is 15.2 Å². The van der Waals surface area contributed by atoms with Crippen molar-refractivity contribution in [2.45, 2.75) is 26.7 Å². The van der Waals surface area contributed by atoms with E-state index in [1.54, 1.807) is 24.3 Å². The first-order valence-corrected chi connectivity index (χ1v) is 6.75. The highest BCUT2D eigenvalue weighted by Gasteiger charge is 2.05. The second-order valence-electron chi connectivity index (χ2n) is 4.89. The molecule has 0 saturated carbocycles. The van der Waals surface area contributed by atoms with Gasteiger partial charge in [0.1, 0.15) is 5.75 Å². The average molecular weight is 265 g/mol. The summed E-state index contributed by atoms with van der Waals surface area (Å²) < 4.78 is 5.40. The largest absolute Gasteiger partial charge is 0.494 e. The Hall–Kier alpha value is -1.55. The number of hydrogen-bond donors (Lipinski definition) is 2. The normalized spacial score (nSPS) is 10.5. The first-order valence-electron chi connectivity index (χ1n) is 6.75. The number of ether oxygens (including phenoxy) is 1. The van der Waals surface area contributed by atoms with E-state index < -0.39 is 0 Å². The molecular weight excluding hydrogens is 242 g/mol. The van der Waals surface area contributed by atoms with Crippen LogP contribution in [0.1, 0.15) is 37.0 Å². The highest BCUT2D eigenvalue weighted by Crippen LogP contribution is 2.12. The number of amides is 1. The molecule has 1 amide bonds. The van der Waals surface area contributed by atoms with Crippen molar-refractivity contribution in [3.63, 3.8) is 0 Å². The van der Waals surface area contributed by atoms with E-state index in [0.29, 0.717) is 36.8 Å². The number of benzene rings is 1. The fourth-order valence-corrected chi connectivity index (χ4v) is 1.53. The van der Waals surface area contributed by atoms with Gasteiger partial charge in [0.15, 0.2) is 0 Å². The number of carbonyl (C=O) groups excluding carboxylic acids is 1. The second kappa shape index (κ2) is 8.53. The standard InChI is InChI=1S/C15H23NO3/c1-12(2)8-9-16-15(18)13-4-6-14(7-5-13)19-11-3-10-17/h4-7,12,17H,3,8-11H2,1-2H3,(H,16,18). The van der Waals surface area contributed by atoms with Crippen LogP contribution in [0.4, 0.5) is 0 Å². The monoisotopic (exact) mass is 265 g/mol. The Bertz CT molecular complexity index is 373. The van der Waals surface area contributed by atoms with E-state index in [0.717, 1.165) is 6.42 Å². The molecule has 0 unspecified atom stereocenters. The first-order chi connectivity index (χ1) is 9.13. The van der Waals surface area contributed by atoms with Gasteiger partial charge in [0.2, 0.25) is 0 Å². The Balaban J connectivity index is 2.39. The molecule has 0 aliphatic heterocycles. The fraction of sp³-hybridized carbons (Fsp3) is 0.533. The molecule has 0 heterocycles. The molecule has 2 N–H and O–H groups in total. The van der Waals surface area contributed by atoms with E-state index in [-0.39, 0.29) is 12.5 Å². The number of rotatable bonds is 8. The van der Waals surface area contributed by atoms with Crippen LogP contribution in [0.15, 0.2) is 24.3 Å². The zero-order valence-corrected chi connectivity index (χ0v) is 11.7. The maximum absolute atomic E-state index is 11.8. The lowest BCUT2D eigenvalue weighted by atomic mass is 10.1. The molecule has 0 fully saturated rings. The summed E-state index contributed by atoms with van der Waals surface area (Å²) in [6.07, 6.45) is 1.59. The molecule has 0 saturated heterocycles. The molecule has 0 aromatic heterocycles. The SMILES string of the molecule is CC(C)CCNC(=O)c1ccc(OCCCO)cc1. The quantitative estimate of drug-likeness (QED) is 0.709. The minimum absolute atomic E-state index is 0.0532. The van der Waals surface area contributed by atoms with Gasteiger partial charge in [-0.05, 0) is 36.6 Å². The fourth-order valence-electron chi connectivity index (χ4n) is 1.53. The number of aliphatic hydroxyl groups is 1. The summed E-state index contributed by atoms with van der Waals surface area (Å²) in [5.41, 5.74) is 0.637. The van der Waals surface area contributed by atoms with Crippen molar-refractivity contribution < 1.29 is 14.6 Å². The van der Waals surface area contributed by atoms with Crippen molar-refractivity contribution in [1.82, 2.24) is 5.32 Å². The molecule has 0 aliphatic carbocycles. The molecule has 1 rings (SSSR count). The lowest BCUT2D eigenvalue weighted by molar-refractivity contribution is 0.0952. The van der Waals surface area contributed by atoms with Crippen LogP contribution in [0.5, 0.6) is 5.75 Å². The van der Waals surface area contributed by atoms with Crippen LogP contribution in [0, 0.1) is 5.92 Å². The predicted octanol–water partition coefficient (Wildman–Crippen LogP) is 2.22. The van der Waals surface area contributed by atoms with Gasteiger partial charge in [0.25, 0.3) is 5.91 Å². The summed E-state index contributed by atoms with van der Waals surface area (Å²) in [7, 11) is 0. The topological polar surface area (TPSA) is 58.6 Å². The maximum atomic E-state index is 11.8. The highest BCUT2D eigenvalue weighted by molar-refractivity contribution is 5.94. The van der Waals surface area contributed by atoms with Gasteiger partial charge in [-0.2, -0.15) is 0 Å². The van der Waals surface area contributed by atoms with Gasteiger partial charge in [0, 0.05) is 25.1 Å². The summed E-state index contributed by atoms with van der Waals surface area (Å²) in [4.78, 5) is 11.8. The molecule has 1 aromatic rings. The van der Waals surface area contributed by atoms with Gasteiger partial charge >= 0.3 is 0 Å². The van der Waals surface area contributed by atoms with Gasteiger partial charge in [-0.3, -0.25) is 4.79 Å². The minimum atomic E-state index is -0.0532. The van der Waals surface area contributed by atoms with Crippen molar-refractivity contribution in [3.05, 3.63) is 29.8 Å². The van der Waals surface area contributed by atoms with E-state index in [9.17, 15) is 4.79 Å². The second-order valence-corrected chi connectivity index (χ2v) is 4.89. The smallest absolute Gasteiger partial charge is 0.251 e. The van der Waals surface area contributed by atoms with Crippen LogP contribution in [0.3, 0.4) is 0 Å².